The molecule has 0 saturated heterocycles. The highest BCUT2D eigenvalue weighted by Gasteiger charge is 2.10. The molecule has 0 fully saturated rings. The van der Waals surface area contributed by atoms with Crippen molar-refractivity contribution < 1.29 is 4.42 Å². The molecular weight excluding hydrogens is 435 g/mol. The van der Waals surface area contributed by atoms with Gasteiger partial charge in [0.25, 0.3) is 0 Å². The van der Waals surface area contributed by atoms with Crippen LogP contribution in [0.1, 0.15) is 19.6 Å². The van der Waals surface area contributed by atoms with Crippen LogP contribution in [-0.2, 0) is 6.54 Å². The molecule has 0 spiro atoms. The molecule has 3 aromatic rings. The minimum Gasteiger partial charge on any atom is -0.457 e. The minimum absolute atomic E-state index is 0. The van der Waals surface area contributed by atoms with Crippen LogP contribution < -0.4 is 5.73 Å². The van der Waals surface area contributed by atoms with Crippen LogP contribution in [0.2, 0.25) is 0 Å². The summed E-state index contributed by atoms with van der Waals surface area (Å²) in [6.45, 7) is 6.25. The number of thiazole rings is 1. The molecule has 2 aromatic heterocycles. The highest BCUT2D eigenvalue weighted by Crippen LogP contribution is 2.31. The first-order chi connectivity index (χ1) is 11.2. The third-order valence-electron chi connectivity index (χ3n) is 3.65. The summed E-state index contributed by atoms with van der Waals surface area (Å²) in [6, 6.07) is 12.0. The smallest absolute Gasteiger partial charge is 0.191 e. The second-order valence-corrected chi connectivity index (χ2v) is 6.13. The average molecular weight is 456 g/mol. The van der Waals surface area contributed by atoms with E-state index in [0.717, 1.165) is 39.8 Å². The SMILES string of the molecule is CCN(CC)C(N)=NCc1ccc(-c2nc3ccccc3s2)o1.I. The molecule has 24 heavy (non-hydrogen) atoms. The third kappa shape index (κ3) is 4.07. The number of furan rings is 1. The number of benzene rings is 1. The van der Waals surface area contributed by atoms with E-state index in [9.17, 15) is 0 Å². The Labute approximate surface area is 162 Å². The number of rotatable bonds is 5. The lowest BCUT2D eigenvalue weighted by atomic mass is 10.3. The number of guanidine groups is 1. The average Bonchev–Trinajstić information content (AvgIpc) is 3.20. The van der Waals surface area contributed by atoms with Crippen LogP contribution in [0.4, 0.5) is 0 Å². The van der Waals surface area contributed by atoms with Gasteiger partial charge >= 0.3 is 0 Å². The lowest BCUT2D eigenvalue weighted by Crippen LogP contribution is -2.36. The molecule has 0 aliphatic carbocycles. The molecular formula is C17H21IN4OS. The van der Waals surface area contributed by atoms with Gasteiger partial charge in [0.05, 0.1) is 10.2 Å². The van der Waals surface area contributed by atoms with E-state index in [4.69, 9.17) is 10.2 Å². The maximum Gasteiger partial charge on any atom is 0.191 e. The fourth-order valence-corrected chi connectivity index (χ4v) is 3.29. The highest BCUT2D eigenvalue weighted by molar-refractivity contribution is 14.0. The molecule has 128 valence electrons. The largest absolute Gasteiger partial charge is 0.457 e. The Kier molecular flexibility index (Phi) is 6.61. The van der Waals surface area contributed by atoms with E-state index in [1.807, 2.05) is 35.2 Å². The molecule has 0 atom stereocenters. The number of aliphatic imine (C=N–C) groups is 1. The second-order valence-electron chi connectivity index (χ2n) is 5.10. The quantitative estimate of drug-likeness (QED) is 0.353. The van der Waals surface area contributed by atoms with Gasteiger partial charge in [0, 0.05) is 13.1 Å². The highest BCUT2D eigenvalue weighted by atomic mass is 127. The number of nitrogens with two attached hydrogens (primary N) is 1. The van der Waals surface area contributed by atoms with Crippen molar-refractivity contribution in [3.05, 3.63) is 42.2 Å². The molecule has 0 saturated carbocycles. The van der Waals surface area contributed by atoms with Crippen LogP contribution in [-0.4, -0.2) is 28.9 Å². The number of para-hydroxylation sites is 1. The first kappa shape index (κ1) is 18.7. The molecule has 2 heterocycles. The molecule has 3 rings (SSSR count). The number of halogens is 1. The van der Waals surface area contributed by atoms with Gasteiger partial charge in [-0.25, -0.2) is 9.98 Å². The van der Waals surface area contributed by atoms with Crippen LogP contribution in [0, 0.1) is 0 Å². The number of hydrogen-bond donors (Lipinski definition) is 1. The summed E-state index contributed by atoms with van der Waals surface area (Å²) >= 11 is 1.63. The molecule has 1 aromatic carbocycles. The Morgan fingerprint density at radius 3 is 2.67 bits per heavy atom. The molecule has 2 N–H and O–H groups in total. The van der Waals surface area contributed by atoms with Crippen molar-refractivity contribution in [2.45, 2.75) is 20.4 Å². The van der Waals surface area contributed by atoms with Gasteiger partial charge in [-0.2, -0.15) is 0 Å². The van der Waals surface area contributed by atoms with E-state index >= 15 is 0 Å². The van der Waals surface area contributed by atoms with E-state index in [2.05, 4.69) is 29.9 Å². The molecule has 0 aliphatic rings. The van der Waals surface area contributed by atoms with Crippen molar-refractivity contribution >= 4 is 51.5 Å². The summed E-state index contributed by atoms with van der Waals surface area (Å²) in [7, 11) is 0. The number of nitrogens with zero attached hydrogens (tertiary/aromatic N) is 3. The summed E-state index contributed by atoms with van der Waals surface area (Å²) in [5, 5.41) is 0.887. The Morgan fingerprint density at radius 1 is 1.21 bits per heavy atom. The predicted molar refractivity (Wildman–Crippen MR) is 111 cm³/mol. The van der Waals surface area contributed by atoms with Gasteiger partial charge in [0.15, 0.2) is 16.7 Å². The lowest BCUT2D eigenvalue weighted by Gasteiger charge is -2.18. The first-order valence-electron chi connectivity index (χ1n) is 7.70. The molecule has 0 unspecified atom stereocenters. The Morgan fingerprint density at radius 2 is 1.96 bits per heavy atom. The monoisotopic (exact) mass is 456 g/mol. The van der Waals surface area contributed by atoms with Gasteiger partial charge < -0.3 is 15.1 Å². The van der Waals surface area contributed by atoms with Gasteiger partial charge in [-0.3, -0.25) is 0 Å². The van der Waals surface area contributed by atoms with E-state index in [1.54, 1.807) is 11.3 Å². The van der Waals surface area contributed by atoms with Gasteiger partial charge in [-0.1, -0.05) is 12.1 Å². The van der Waals surface area contributed by atoms with Crippen LogP contribution in [0.15, 0.2) is 45.8 Å². The zero-order valence-corrected chi connectivity index (χ0v) is 16.9. The van der Waals surface area contributed by atoms with E-state index in [1.165, 1.54) is 0 Å². The maximum atomic E-state index is 5.98. The molecule has 0 bridgehead atoms. The number of hydrogen-bond acceptors (Lipinski definition) is 4. The summed E-state index contributed by atoms with van der Waals surface area (Å²) < 4.78 is 7.02. The summed E-state index contributed by atoms with van der Waals surface area (Å²) in [4.78, 5) is 11.0. The summed E-state index contributed by atoms with van der Waals surface area (Å²) in [5.41, 5.74) is 6.97. The van der Waals surface area contributed by atoms with E-state index in [-0.39, 0.29) is 24.0 Å². The lowest BCUT2D eigenvalue weighted by molar-refractivity contribution is 0.455. The number of aromatic nitrogens is 1. The van der Waals surface area contributed by atoms with E-state index in [0.29, 0.717) is 12.5 Å². The van der Waals surface area contributed by atoms with Crippen molar-refractivity contribution in [2.75, 3.05) is 13.1 Å². The molecule has 5 nitrogen and oxygen atoms in total. The van der Waals surface area contributed by atoms with Gasteiger partial charge in [-0.05, 0) is 38.1 Å². The normalized spacial score (nSPS) is 11.5. The van der Waals surface area contributed by atoms with Crippen molar-refractivity contribution in [2.24, 2.45) is 10.7 Å². The maximum absolute atomic E-state index is 5.98. The van der Waals surface area contributed by atoms with Gasteiger partial charge in [0.1, 0.15) is 12.3 Å². The Bertz CT molecular complexity index is 790. The van der Waals surface area contributed by atoms with Crippen molar-refractivity contribution in [3.8, 4) is 10.8 Å². The van der Waals surface area contributed by atoms with Crippen molar-refractivity contribution in [1.29, 1.82) is 0 Å². The summed E-state index contributed by atoms with van der Waals surface area (Å²) in [5.74, 6) is 2.11. The van der Waals surface area contributed by atoms with Gasteiger partial charge in [-0.15, -0.1) is 35.3 Å². The zero-order chi connectivity index (χ0) is 16.2. The van der Waals surface area contributed by atoms with E-state index < -0.39 is 0 Å². The molecule has 0 radical (unpaired) electrons. The Balaban J connectivity index is 0.00000208. The topological polar surface area (TPSA) is 67.7 Å². The summed E-state index contributed by atoms with van der Waals surface area (Å²) in [6.07, 6.45) is 0. The van der Waals surface area contributed by atoms with Crippen molar-refractivity contribution in [1.82, 2.24) is 9.88 Å². The second kappa shape index (κ2) is 8.48. The molecule has 0 aliphatic heterocycles. The van der Waals surface area contributed by atoms with Crippen LogP contribution >= 0.6 is 35.3 Å². The fourth-order valence-electron chi connectivity index (χ4n) is 2.36. The van der Waals surface area contributed by atoms with Crippen LogP contribution in [0.5, 0.6) is 0 Å². The van der Waals surface area contributed by atoms with Gasteiger partial charge in [0.2, 0.25) is 0 Å². The predicted octanol–water partition coefficient (Wildman–Crippen LogP) is 4.33. The fraction of sp³-hybridized carbons (Fsp3) is 0.294. The number of fused-ring (bicyclic) bond motifs is 1. The molecule has 7 heteroatoms. The van der Waals surface area contributed by atoms with Crippen LogP contribution in [0.3, 0.4) is 0 Å². The minimum atomic E-state index is 0. The van der Waals surface area contributed by atoms with Crippen molar-refractivity contribution in [3.63, 3.8) is 0 Å². The third-order valence-corrected chi connectivity index (χ3v) is 4.70. The first-order valence-corrected chi connectivity index (χ1v) is 8.52. The standard InChI is InChI=1S/C17H20N4OS.HI/c1-3-21(4-2)17(18)19-11-12-9-10-14(22-12)16-20-13-7-5-6-8-15(13)23-16;/h5-10H,3-4,11H2,1-2H3,(H2,18,19);1H. The van der Waals surface area contributed by atoms with Crippen LogP contribution in [0.25, 0.3) is 21.0 Å². The Hall–Kier alpha value is -1.61. The zero-order valence-electron chi connectivity index (χ0n) is 13.7. The molecule has 0 amide bonds.